The number of hydrogen-bond acceptors (Lipinski definition) is 5. The van der Waals surface area contributed by atoms with Crippen molar-refractivity contribution in [3.63, 3.8) is 0 Å². The highest BCUT2D eigenvalue weighted by Gasteiger charge is 2.38. The standard InChI is InChI=1S/C26H32N2O3/c1-6-30-24(29)10-8-7-9-23-27-16-20(17-28-23)12-11-19-13-14-22-21(15-19)25(2,3)18-26(4,5)31-22/h13-17H,6-10,18H2,1-5H3. The van der Waals surface area contributed by atoms with Gasteiger partial charge in [0, 0.05) is 36.4 Å². The fourth-order valence-electron chi connectivity index (χ4n) is 4.20. The predicted molar refractivity (Wildman–Crippen MR) is 121 cm³/mol. The minimum Gasteiger partial charge on any atom is -0.488 e. The summed E-state index contributed by atoms with van der Waals surface area (Å²) in [6, 6.07) is 6.16. The lowest BCUT2D eigenvalue weighted by molar-refractivity contribution is -0.143. The van der Waals surface area contributed by atoms with Crippen LogP contribution in [0, 0.1) is 11.8 Å². The first-order chi connectivity index (χ1) is 14.7. The number of aromatic nitrogens is 2. The molecule has 5 nitrogen and oxygen atoms in total. The third-order valence-electron chi connectivity index (χ3n) is 5.36. The Morgan fingerprint density at radius 3 is 2.52 bits per heavy atom. The van der Waals surface area contributed by atoms with Crippen molar-refractivity contribution in [1.82, 2.24) is 9.97 Å². The average molecular weight is 421 g/mol. The van der Waals surface area contributed by atoms with Crippen LogP contribution in [0.3, 0.4) is 0 Å². The number of fused-ring (bicyclic) bond motifs is 1. The maximum absolute atomic E-state index is 11.4. The zero-order valence-corrected chi connectivity index (χ0v) is 19.2. The highest BCUT2D eigenvalue weighted by Crippen LogP contribution is 2.44. The summed E-state index contributed by atoms with van der Waals surface area (Å²) in [5.41, 5.74) is 2.81. The SMILES string of the molecule is CCOC(=O)CCCCc1ncc(C#Cc2ccc3c(c2)C(C)(C)CC(C)(C)O3)cn1. The molecule has 31 heavy (non-hydrogen) atoms. The van der Waals surface area contributed by atoms with Crippen molar-refractivity contribution in [3.8, 4) is 17.6 Å². The van der Waals surface area contributed by atoms with E-state index in [2.05, 4.69) is 55.6 Å². The average Bonchev–Trinajstić information content (AvgIpc) is 2.70. The van der Waals surface area contributed by atoms with Gasteiger partial charge in [-0.05, 0) is 63.6 Å². The molecule has 0 amide bonds. The van der Waals surface area contributed by atoms with Crippen LogP contribution in [0.25, 0.3) is 0 Å². The van der Waals surface area contributed by atoms with Crippen LogP contribution in [0.5, 0.6) is 5.75 Å². The summed E-state index contributed by atoms with van der Waals surface area (Å²) in [6.07, 6.45) is 7.29. The molecule has 2 aromatic rings. The Labute approximate surface area is 185 Å². The number of aryl methyl sites for hydroxylation is 1. The van der Waals surface area contributed by atoms with E-state index in [-0.39, 0.29) is 17.0 Å². The van der Waals surface area contributed by atoms with Gasteiger partial charge < -0.3 is 9.47 Å². The van der Waals surface area contributed by atoms with Gasteiger partial charge in [-0.2, -0.15) is 0 Å². The van der Waals surface area contributed by atoms with Gasteiger partial charge in [-0.1, -0.05) is 25.7 Å². The number of carbonyl (C=O) groups is 1. The number of carbonyl (C=O) groups excluding carboxylic acids is 1. The fourth-order valence-corrected chi connectivity index (χ4v) is 4.20. The Kier molecular flexibility index (Phi) is 7.00. The third-order valence-corrected chi connectivity index (χ3v) is 5.36. The van der Waals surface area contributed by atoms with E-state index in [0.717, 1.165) is 48.4 Å². The molecule has 3 rings (SSSR count). The largest absolute Gasteiger partial charge is 0.488 e. The smallest absolute Gasteiger partial charge is 0.305 e. The molecule has 0 saturated carbocycles. The van der Waals surface area contributed by atoms with Gasteiger partial charge in [0.25, 0.3) is 0 Å². The van der Waals surface area contributed by atoms with Crippen molar-refractivity contribution in [2.24, 2.45) is 0 Å². The van der Waals surface area contributed by atoms with Gasteiger partial charge in [-0.25, -0.2) is 9.97 Å². The van der Waals surface area contributed by atoms with Crippen LogP contribution >= 0.6 is 0 Å². The zero-order valence-electron chi connectivity index (χ0n) is 19.2. The number of nitrogens with zero attached hydrogens (tertiary/aromatic N) is 2. The predicted octanol–water partition coefficient (Wildman–Crippen LogP) is 4.99. The number of unbranched alkanes of at least 4 members (excludes halogenated alkanes) is 1. The van der Waals surface area contributed by atoms with Gasteiger partial charge in [0.05, 0.1) is 12.2 Å². The lowest BCUT2D eigenvalue weighted by atomic mass is 9.73. The molecular formula is C26H32N2O3. The van der Waals surface area contributed by atoms with Crippen molar-refractivity contribution < 1.29 is 14.3 Å². The highest BCUT2D eigenvalue weighted by molar-refractivity contribution is 5.69. The van der Waals surface area contributed by atoms with Gasteiger partial charge in [0.2, 0.25) is 0 Å². The van der Waals surface area contributed by atoms with Crippen LogP contribution in [0.2, 0.25) is 0 Å². The second-order valence-corrected chi connectivity index (χ2v) is 9.28. The second-order valence-electron chi connectivity index (χ2n) is 9.28. The Hall–Kier alpha value is -2.87. The van der Waals surface area contributed by atoms with E-state index in [9.17, 15) is 4.79 Å². The van der Waals surface area contributed by atoms with Gasteiger partial charge in [-0.15, -0.1) is 0 Å². The molecule has 0 spiro atoms. The van der Waals surface area contributed by atoms with Crippen LogP contribution in [0.15, 0.2) is 30.6 Å². The summed E-state index contributed by atoms with van der Waals surface area (Å²) in [6.45, 7) is 11.0. The van der Waals surface area contributed by atoms with Gasteiger partial charge in [-0.3, -0.25) is 4.79 Å². The van der Waals surface area contributed by atoms with Gasteiger partial charge >= 0.3 is 5.97 Å². The highest BCUT2D eigenvalue weighted by atomic mass is 16.5. The lowest BCUT2D eigenvalue weighted by Crippen LogP contribution is -2.41. The van der Waals surface area contributed by atoms with Crippen molar-refractivity contribution in [3.05, 3.63) is 53.1 Å². The number of ether oxygens (including phenoxy) is 2. The van der Waals surface area contributed by atoms with E-state index in [1.54, 1.807) is 12.4 Å². The molecule has 0 atom stereocenters. The van der Waals surface area contributed by atoms with Crippen molar-refractivity contribution in [2.45, 2.75) is 77.7 Å². The molecule has 0 radical (unpaired) electrons. The Bertz CT molecular complexity index is 982. The van der Waals surface area contributed by atoms with E-state index >= 15 is 0 Å². The van der Waals surface area contributed by atoms with E-state index in [4.69, 9.17) is 9.47 Å². The van der Waals surface area contributed by atoms with Crippen LogP contribution < -0.4 is 4.74 Å². The van der Waals surface area contributed by atoms with E-state index in [0.29, 0.717) is 13.0 Å². The summed E-state index contributed by atoms with van der Waals surface area (Å²) in [5.74, 6) is 7.96. The molecule has 2 heterocycles. The monoisotopic (exact) mass is 420 g/mol. The maximum atomic E-state index is 11.4. The summed E-state index contributed by atoms with van der Waals surface area (Å²) in [5, 5.41) is 0. The molecule has 0 unspecified atom stereocenters. The van der Waals surface area contributed by atoms with Crippen LogP contribution in [-0.4, -0.2) is 28.1 Å². The Morgan fingerprint density at radius 2 is 1.81 bits per heavy atom. The van der Waals surface area contributed by atoms with Crippen LogP contribution in [-0.2, 0) is 21.4 Å². The van der Waals surface area contributed by atoms with Crippen molar-refractivity contribution in [2.75, 3.05) is 6.61 Å². The first-order valence-electron chi connectivity index (χ1n) is 11.0. The zero-order chi connectivity index (χ0) is 22.5. The molecule has 1 aromatic heterocycles. The molecule has 0 saturated heterocycles. The number of benzene rings is 1. The second kappa shape index (κ2) is 9.51. The molecule has 5 heteroatoms. The Morgan fingerprint density at radius 1 is 1.10 bits per heavy atom. The third kappa shape index (κ3) is 6.30. The van der Waals surface area contributed by atoms with E-state index < -0.39 is 0 Å². The minimum absolute atomic E-state index is 0.0345. The number of rotatable bonds is 6. The summed E-state index contributed by atoms with van der Waals surface area (Å²) in [7, 11) is 0. The molecule has 0 fully saturated rings. The maximum Gasteiger partial charge on any atom is 0.305 e. The molecule has 1 aromatic carbocycles. The van der Waals surface area contributed by atoms with Crippen LogP contribution in [0.1, 0.15) is 82.8 Å². The fraction of sp³-hybridized carbons (Fsp3) is 0.500. The normalized spacial score (nSPS) is 15.8. The topological polar surface area (TPSA) is 61.3 Å². The van der Waals surface area contributed by atoms with Crippen LogP contribution in [0.4, 0.5) is 0 Å². The molecule has 0 bridgehead atoms. The first-order valence-corrected chi connectivity index (χ1v) is 11.0. The molecule has 1 aliphatic heterocycles. The van der Waals surface area contributed by atoms with E-state index in [1.165, 1.54) is 5.56 Å². The summed E-state index contributed by atoms with van der Waals surface area (Å²) < 4.78 is 11.1. The Balaban J connectivity index is 1.61. The molecule has 0 aliphatic carbocycles. The number of esters is 1. The number of hydrogen-bond donors (Lipinski definition) is 0. The molecule has 164 valence electrons. The molecule has 1 aliphatic rings. The minimum atomic E-state index is -0.165. The van der Waals surface area contributed by atoms with E-state index in [1.807, 2.05) is 19.1 Å². The van der Waals surface area contributed by atoms with Crippen molar-refractivity contribution >= 4 is 5.97 Å². The quantitative estimate of drug-likeness (QED) is 0.374. The summed E-state index contributed by atoms with van der Waals surface area (Å²) in [4.78, 5) is 20.2. The van der Waals surface area contributed by atoms with Crippen molar-refractivity contribution in [1.29, 1.82) is 0 Å². The molecule has 0 N–H and O–H groups in total. The van der Waals surface area contributed by atoms with Gasteiger partial charge in [0.1, 0.15) is 17.2 Å². The lowest BCUT2D eigenvalue weighted by Gasteiger charge is -2.42. The van der Waals surface area contributed by atoms with Gasteiger partial charge in [0.15, 0.2) is 0 Å². The molecular weight excluding hydrogens is 388 g/mol. The summed E-state index contributed by atoms with van der Waals surface area (Å²) >= 11 is 0. The first kappa shape index (κ1) is 22.8.